The Morgan fingerprint density at radius 1 is 1.08 bits per heavy atom. The SMILES string of the molecule is CCCCNc1ccc(NS(=O)(=O)c2cc(Cl)ccc2OC)cc1. The van der Waals surface area contributed by atoms with Crippen molar-refractivity contribution in [1.29, 1.82) is 0 Å². The summed E-state index contributed by atoms with van der Waals surface area (Å²) in [7, 11) is -2.38. The molecule has 0 atom stereocenters. The van der Waals surface area contributed by atoms with Gasteiger partial charge < -0.3 is 10.1 Å². The molecule has 0 aliphatic carbocycles. The van der Waals surface area contributed by atoms with Crippen molar-refractivity contribution in [1.82, 2.24) is 0 Å². The van der Waals surface area contributed by atoms with E-state index in [0.29, 0.717) is 10.7 Å². The maximum Gasteiger partial charge on any atom is 0.265 e. The monoisotopic (exact) mass is 368 g/mol. The molecular formula is C17H21ClN2O3S. The molecule has 0 bridgehead atoms. The van der Waals surface area contributed by atoms with Gasteiger partial charge in [-0.05, 0) is 48.9 Å². The summed E-state index contributed by atoms with van der Waals surface area (Å²) in [4.78, 5) is 0.00245. The van der Waals surface area contributed by atoms with Gasteiger partial charge in [-0.2, -0.15) is 0 Å². The first-order valence-corrected chi connectivity index (χ1v) is 9.52. The molecule has 5 nitrogen and oxygen atoms in total. The highest BCUT2D eigenvalue weighted by atomic mass is 35.5. The third kappa shape index (κ3) is 4.79. The van der Waals surface area contributed by atoms with Gasteiger partial charge in [0.1, 0.15) is 10.6 Å². The maximum absolute atomic E-state index is 12.6. The smallest absolute Gasteiger partial charge is 0.265 e. The van der Waals surface area contributed by atoms with Gasteiger partial charge in [0.2, 0.25) is 0 Å². The van der Waals surface area contributed by atoms with Gasteiger partial charge in [-0.1, -0.05) is 24.9 Å². The first-order valence-electron chi connectivity index (χ1n) is 7.66. The van der Waals surface area contributed by atoms with Gasteiger partial charge in [-0.25, -0.2) is 8.42 Å². The average Bonchev–Trinajstić information content (AvgIpc) is 2.56. The van der Waals surface area contributed by atoms with Gasteiger partial charge in [0.05, 0.1) is 7.11 Å². The Balaban J connectivity index is 2.16. The van der Waals surface area contributed by atoms with Gasteiger partial charge in [-0.15, -0.1) is 0 Å². The molecule has 0 saturated carbocycles. The Bertz CT molecular complexity index is 777. The summed E-state index contributed by atoms with van der Waals surface area (Å²) >= 11 is 5.91. The quantitative estimate of drug-likeness (QED) is 0.679. The molecular weight excluding hydrogens is 348 g/mol. The summed E-state index contributed by atoms with van der Waals surface area (Å²) in [6, 6.07) is 11.6. The van der Waals surface area contributed by atoms with Gasteiger partial charge in [-0.3, -0.25) is 4.72 Å². The second kappa shape index (κ2) is 8.26. The lowest BCUT2D eigenvalue weighted by Gasteiger charge is -2.12. The van der Waals surface area contributed by atoms with Crippen molar-refractivity contribution >= 4 is 33.0 Å². The summed E-state index contributed by atoms with van der Waals surface area (Å²) in [5, 5.41) is 3.60. The summed E-state index contributed by atoms with van der Waals surface area (Å²) in [5.74, 6) is 0.241. The third-order valence-corrected chi connectivity index (χ3v) is 5.05. The van der Waals surface area contributed by atoms with Crippen LogP contribution in [0, 0.1) is 0 Å². The van der Waals surface area contributed by atoms with Crippen molar-refractivity contribution in [3.8, 4) is 5.75 Å². The zero-order valence-corrected chi connectivity index (χ0v) is 15.2. The van der Waals surface area contributed by atoms with Crippen molar-refractivity contribution in [2.45, 2.75) is 24.7 Å². The Hall–Kier alpha value is -1.92. The molecule has 0 heterocycles. The van der Waals surface area contributed by atoms with Crippen molar-refractivity contribution < 1.29 is 13.2 Å². The van der Waals surface area contributed by atoms with Crippen molar-refractivity contribution in [2.24, 2.45) is 0 Å². The molecule has 0 radical (unpaired) electrons. The topological polar surface area (TPSA) is 67.4 Å². The Labute approximate surface area is 148 Å². The fraction of sp³-hybridized carbons (Fsp3) is 0.294. The molecule has 0 aliphatic rings. The number of sulfonamides is 1. The standard InChI is InChI=1S/C17H21ClN2O3S/c1-3-4-11-19-14-6-8-15(9-7-14)20-24(21,22)17-12-13(18)5-10-16(17)23-2/h5-10,12,19-20H,3-4,11H2,1-2H3. The molecule has 2 aromatic rings. The van der Waals surface area contributed by atoms with Gasteiger partial charge in [0.25, 0.3) is 10.0 Å². The molecule has 130 valence electrons. The number of unbranched alkanes of at least 4 members (excludes halogenated alkanes) is 1. The first kappa shape index (κ1) is 18.4. The second-order valence-electron chi connectivity index (χ2n) is 5.26. The van der Waals surface area contributed by atoms with Crippen LogP contribution < -0.4 is 14.8 Å². The molecule has 0 aromatic heterocycles. The minimum atomic E-state index is -3.79. The molecule has 0 unspecified atom stereocenters. The number of ether oxygens (including phenoxy) is 1. The third-order valence-electron chi connectivity index (χ3n) is 3.41. The molecule has 0 aliphatic heterocycles. The van der Waals surface area contributed by atoms with Crippen LogP contribution in [0.15, 0.2) is 47.4 Å². The maximum atomic E-state index is 12.6. The predicted molar refractivity (Wildman–Crippen MR) is 98.7 cm³/mol. The van der Waals surface area contributed by atoms with E-state index in [4.69, 9.17) is 16.3 Å². The van der Waals surface area contributed by atoms with Crippen LogP contribution in [0.2, 0.25) is 5.02 Å². The number of methoxy groups -OCH3 is 1. The Kier molecular flexibility index (Phi) is 6.34. The van der Waals surface area contributed by atoms with Crippen LogP contribution in [0.4, 0.5) is 11.4 Å². The number of rotatable bonds is 8. The number of benzene rings is 2. The van der Waals surface area contributed by atoms with Crippen LogP contribution in [-0.2, 0) is 10.0 Å². The highest BCUT2D eigenvalue weighted by Crippen LogP contribution is 2.28. The Morgan fingerprint density at radius 2 is 1.75 bits per heavy atom. The largest absolute Gasteiger partial charge is 0.495 e. The van der Waals surface area contributed by atoms with E-state index >= 15 is 0 Å². The van der Waals surface area contributed by atoms with E-state index in [-0.39, 0.29) is 10.6 Å². The van der Waals surface area contributed by atoms with E-state index in [1.54, 1.807) is 18.2 Å². The molecule has 0 amide bonds. The average molecular weight is 369 g/mol. The zero-order chi connectivity index (χ0) is 17.6. The molecule has 0 saturated heterocycles. The van der Waals surface area contributed by atoms with Crippen molar-refractivity contribution in [3.05, 3.63) is 47.5 Å². The summed E-state index contributed by atoms with van der Waals surface area (Å²) in [6.45, 7) is 3.02. The number of hydrogen-bond acceptors (Lipinski definition) is 4. The first-order chi connectivity index (χ1) is 11.5. The van der Waals surface area contributed by atoms with E-state index in [2.05, 4.69) is 17.0 Å². The van der Waals surface area contributed by atoms with Crippen LogP contribution in [0.3, 0.4) is 0 Å². The van der Waals surface area contributed by atoms with Crippen LogP contribution in [0.5, 0.6) is 5.75 Å². The molecule has 2 N–H and O–H groups in total. The van der Waals surface area contributed by atoms with Crippen molar-refractivity contribution in [3.63, 3.8) is 0 Å². The number of nitrogens with one attached hydrogen (secondary N) is 2. The van der Waals surface area contributed by atoms with Gasteiger partial charge >= 0.3 is 0 Å². The van der Waals surface area contributed by atoms with Crippen LogP contribution in [0.25, 0.3) is 0 Å². The van der Waals surface area contributed by atoms with Gasteiger partial charge in [0.15, 0.2) is 0 Å². The second-order valence-corrected chi connectivity index (χ2v) is 7.35. The molecule has 7 heteroatoms. The van der Waals surface area contributed by atoms with Gasteiger partial charge in [0, 0.05) is 22.9 Å². The summed E-state index contributed by atoms with van der Waals surface area (Å²) < 4.78 is 32.8. The molecule has 2 rings (SSSR count). The van der Waals surface area contributed by atoms with Crippen molar-refractivity contribution in [2.75, 3.05) is 23.7 Å². The highest BCUT2D eigenvalue weighted by Gasteiger charge is 2.20. The number of halogens is 1. The lowest BCUT2D eigenvalue weighted by molar-refractivity contribution is 0.403. The van der Waals surface area contributed by atoms with E-state index in [1.807, 2.05) is 12.1 Å². The number of anilines is 2. The minimum Gasteiger partial charge on any atom is -0.495 e. The van der Waals surface area contributed by atoms with Crippen LogP contribution >= 0.6 is 11.6 Å². The number of hydrogen-bond donors (Lipinski definition) is 2. The fourth-order valence-electron chi connectivity index (χ4n) is 2.14. The van der Waals surface area contributed by atoms with E-state index in [9.17, 15) is 8.42 Å². The van der Waals surface area contributed by atoms with E-state index in [0.717, 1.165) is 25.1 Å². The molecule has 2 aromatic carbocycles. The molecule has 0 fully saturated rings. The van der Waals surface area contributed by atoms with E-state index in [1.165, 1.54) is 19.2 Å². The molecule has 24 heavy (non-hydrogen) atoms. The minimum absolute atomic E-state index is 0.00245. The normalized spacial score (nSPS) is 11.1. The molecule has 0 spiro atoms. The highest BCUT2D eigenvalue weighted by molar-refractivity contribution is 7.92. The zero-order valence-electron chi connectivity index (χ0n) is 13.7. The Morgan fingerprint density at radius 3 is 2.38 bits per heavy atom. The summed E-state index contributed by atoms with van der Waals surface area (Å²) in [6.07, 6.45) is 2.20. The predicted octanol–water partition coefficient (Wildman–Crippen LogP) is 4.36. The lowest BCUT2D eigenvalue weighted by atomic mass is 10.2. The lowest BCUT2D eigenvalue weighted by Crippen LogP contribution is -2.14. The van der Waals surface area contributed by atoms with Crippen LogP contribution in [0.1, 0.15) is 19.8 Å². The van der Waals surface area contributed by atoms with E-state index < -0.39 is 10.0 Å². The fourth-order valence-corrected chi connectivity index (χ4v) is 3.63. The van der Waals surface area contributed by atoms with Crippen LogP contribution in [-0.4, -0.2) is 22.1 Å². The summed E-state index contributed by atoms with van der Waals surface area (Å²) in [5.41, 5.74) is 1.42.